The summed E-state index contributed by atoms with van der Waals surface area (Å²) in [6.45, 7) is 6.31. The van der Waals surface area contributed by atoms with Crippen LogP contribution < -0.4 is 4.74 Å². The zero-order chi connectivity index (χ0) is 18.0. The van der Waals surface area contributed by atoms with Gasteiger partial charge in [-0.15, -0.1) is 6.58 Å². The van der Waals surface area contributed by atoms with Crippen molar-refractivity contribution in [2.24, 2.45) is 11.8 Å². The molecule has 2 aliphatic rings. The number of likely N-dealkylation sites (tertiary alicyclic amines) is 2. The Labute approximate surface area is 157 Å². The van der Waals surface area contributed by atoms with E-state index in [-0.39, 0.29) is 18.4 Å². The minimum absolute atomic E-state index is 0.0557. The fraction of sp³-hybridized carbons (Fsp3) is 0.444. The van der Waals surface area contributed by atoms with E-state index in [9.17, 15) is 9.59 Å². The number of hydrogen-bond acceptors (Lipinski definition) is 3. The van der Waals surface area contributed by atoms with E-state index in [1.54, 1.807) is 24.3 Å². The predicted octanol–water partition coefficient (Wildman–Crippen LogP) is 2.87. The number of rotatable bonds is 5. The summed E-state index contributed by atoms with van der Waals surface area (Å²) in [5, 5.41) is 0.904. The molecule has 1 aromatic rings. The molecule has 7 heteroatoms. The summed E-state index contributed by atoms with van der Waals surface area (Å²) in [5.41, 5.74) is 0. The molecular formula is C18H20Cl2N2O3. The molecular weight excluding hydrogens is 363 g/mol. The predicted molar refractivity (Wildman–Crippen MR) is 96.9 cm³/mol. The Bertz CT molecular complexity index is 681. The number of halogens is 2. The normalized spacial score (nSPS) is 22.0. The van der Waals surface area contributed by atoms with Gasteiger partial charge in [0, 0.05) is 49.5 Å². The molecule has 5 nitrogen and oxygen atoms in total. The Balaban J connectivity index is 1.49. The summed E-state index contributed by atoms with van der Waals surface area (Å²) in [6, 6.07) is 4.90. The second-order valence-corrected chi connectivity index (χ2v) is 7.32. The molecule has 25 heavy (non-hydrogen) atoms. The Morgan fingerprint density at radius 1 is 1.12 bits per heavy atom. The molecule has 2 saturated heterocycles. The van der Waals surface area contributed by atoms with Crippen molar-refractivity contribution in [2.45, 2.75) is 6.42 Å². The van der Waals surface area contributed by atoms with Gasteiger partial charge in [0.1, 0.15) is 5.75 Å². The van der Waals surface area contributed by atoms with Crippen molar-refractivity contribution in [1.82, 2.24) is 9.80 Å². The molecule has 2 heterocycles. The maximum atomic E-state index is 12.4. The summed E-state index contributed by atoms with van der Waals surface area (Å²) < 4.78 is 5.52. The number of amides is 2. The SMILES string of the molecule is C=CCC(=O)N1CC2CN(C(=O)COc3ccc(Cl)cc3Cl)CC2C1. The van der Waals surface area contributed by atoms with Crippen molar-refractivity contribution < 1.29 is 14.3 Å². The van der Waals surface area contributed by atoms with E-state index < -0.39 is 0 Å². The Morgan fingerprint density at radius 3 is 2.28 bits per heavy atom. The van der Waals surface area contributed by atoms with Gasteiger partial charge in [0.15, 0.2) is 6.61 Å². The number of carbonyl (C=O) groups excluding carboxylic acids is 2. The van der Waals surface area contributed by atoms with Gasteiger partial charge in [-0.05, 0) is 18.2 Å². The standard InChI is InChI=1S/C18H20Cl2N2O3/c1-2-3-17(23)21-7-12-9-22(10-13(12)8-21)18(24)11-25-16-5-4-14(19)6-15(16)20/h2,4-6,12-13H,1,3,7-11H2. The smallest absolute Gasteiger partial charge is 0.260 e. The van der Waals surface area contributed by atoms with Gasteiger partial charge in [0.25, 0.3) is 5.91 Å². The van der Waals surface area contributed by atoms with E-state index in [2.05, 4.69) is 6.58 Å². The zero-order valence-electron chi connectivity index (χ0n) is 13.8. The second kappa shape index (κ2) is 7.67. The van der Waals surface area contributed by atoms with Crippen LogP contribution in [0.4, 0.5) is 0 Å². The molecule has 0 aliphatic carbocycles. The summed E-state index contributed by atoms with van der Waals surface area (Å²) in [4.78, 5) is 28.0. The average Bonchev–Trinajstić information content (AvgIpc) is 3.13. The van der Waals surface area contributed by atoms with Crippen LogP contribution in [0.2, 0.25) is 10.0 Å². The van der Waals surface area contributed by atoms with E-state index in [0.717, 1.165) is 0 Å². The maximum absolute atomic E-state index is 12.4. The Kier molecular flexibility index (Phi) is 5.54. The molecule has 0 spiro atoms. The quantitative estimate of drug-likeness (QED) is 0.735. The van der Waals surface area contributed by atoms with Crippen molar-refractivity contribution in [2.75, 3.05) is 32.8 Å². The number of nitrogens with zero attached hydrogens (tertiary/aromatic N) is 2. The highest BCUT2D eigenvalue weighted by molar-refractivity contribution is 6.35. The highest BCUT2D eigenvalue weighted by Gasteiger charge is 2.42. The van der Waals surface area contributed by atoms with Gasteiger partial charge in [-0.2, -0.15) is 0 Å². The number of fused-ring (bicyclic) bond motifs is 1. The fourth-order valence-corrected chi connectivity index (χ4v) is 3.94. The number of benzene rings is 1. The van der Waals surface area contributed by atoms with E-state index in [0.29, 0.717) is 60.2 Å². The van der Waals surface area contributed by atoms with Gasteiger partial charge in [0.05, 0.1) is 5.02 Å². The second-order valence-electron chi connectivity index (χ2n) is 6.47. The van der Waals surface area contributed by atoms with Crippen molar-refractivity contribution in [3.63, 3.8) is 0 Å². The van der Waals surface area contributed by atoms with Crippen LogP contribution >= 0.6 is 23.2 Å². The molecule has 2 fully saturated rings. The molecule has 0 N–H and O–H groups in total. The van der Waals surface area contributed by atoms with Crippen molar-refractivity contribution >= 4 is 35.0 Å². The molecule has 0 saturated carbocycles. The molecule has 134 valence electrons. The first kappa shape index (κ1) is 18.1. The van der Waals surface area contributed by atoms with Crippen LogP contribution in [0, 0.1) is 11.8 Å². The van der Waals surface area contributed by atoms with Crippen molar-refractivity contribution in [3.05, 3.63) is 40.9 Å². The van der Waals surface area contributed by atoms with Gasteiger partial charge in [0.2, 0.25) is 5.91 Å². The summed E-state index contributed by atoms with van der Waals surface area (Å²) in [7, 11) is 0. The van der Waals surface area contributed by atoms with E-state index in [1.807, 2.05) is 9.80 Å². The van der Waals surface area contributed by atoms with Gasteiger partial charge >= 0.3 is 0 Å². The fourth-order valence-electron chi connectivity index (χ4n) is 3.48. The summed E-state index contributed by atoms with van der Waals surface area (Å²) in [5.74, 6) is 1.18. The van der Waals surface area contributed by atoms with Crippen molar-refractivity contribution in [1.29, 1.82) is 0 Å². The van der Waals surface area contributed by atoms with Gasteiger partial charge in [-0.1, -0.05) is 29.3 Å². The number of carbonyl (C=O) groups is 2. The van der Waals surface area contributed by atoms with E-state index in [1.165, 1.54) is 0 Å². The summed E-state index contributed by atoms with van der Waals surface area (Å²) in [6.07, 6.45) is 2.00. The molecule has 0 radical (unpaired) electrons. The number of ether oxygens (including phenoxy) is 1. The first-order valence-corrected chi connectivity index (χ1v) is 8.98. The van der Waals surface area contributed by atoms with Crippen LogP contribution in [-0.4, -0.2) is 54.4 Å². The minimum atomic E-state index is -0.0654. The highest BCUT2D eigenvalue weighted by atomic mass is 35.5. The van der Waals surface area contributed by atoms with E-state index >= 15 is 0 Å². The largest absolute Gasteiger partial charge is 0.482 e. The van der Waals surface area contributed by atoms with Crippen LogP contribution in [-0.2, 0) is 9.59 Å². The molecule has 2 amide bonds. The van der Waals surface area contributed by atoms with Crippen LogP contribution in [0.15, 0.2) is 30.9 Å². The molecule has 2 atom stereocenters. The van der Waals surface area contributed by atoms with E-state index in [4.69, 9.17) is 27.9 Å². The lowest BCUT2D eigenvalue weighted by Crippen LogP contribution is -2.37. The zero-order valence-corrected chi connectivity index (χ0v) is 15.3. The molecule has 2 unspecified atom stereocenters. The van der Waals surface area contributed by atoms with Gasteiger partial charge in [-0.3, -0.25) is 9.59 Å². The Hall–Kier alpha value is -1.72. The third-order valence-electron chi connectivity index (χ3n) is 4.76. The lowest BCUT2D eigenvalue weighted by Gasteiger charge is -2.21. The van der Waals surface area contributed by atoms with Crippen LogP contribution in [0.3, 0.4) is 0 Å². The van der Waals surface area contributed by atoms with Crippen molar-refractivity contribution in [3.8, 4) is 5.75 Å². The lowest BCUT2D eigenvalue weighted by molar-refractivity contribution is -0.133. The lowest BCUT2D eigenvalue weighted by atomic mass is 10.0. The minimum Gasteiger partial charge on any atom is -0.482 e. The van der Waals surface area contributed by atoms with Crippen LogP contribution in [0.25, 0.3) is 0 Å². The molecule has 3 rings (SSSR count). The number of hydrogen-bond donors (Lipinski definition) is 0. The third-order valence-corrected chi connectivity index (χ3v) is 5.29. The first-order chi connectivity index (χ1) is 12.0. The van der Waals surface area contributed by atoms with Crippen LogP contribution in [0.1, 0.15) is 6.42 Å². The molecule has 0 aromatic heterocycles. The highest BCUT2D eigenvalue weighted by Crippen LogP contribution is 2.32. The molecule has 1 aromatic carbocycles. The van der Waals surface area contributed by atoms with Gasteiger partial charge < -0.3 is 14.5 Å². The van der Waals surface area contributed by atoms with Crippen LogP contribution in [0.5, 0.6) is 5.75 Å². The summed E-state index contributed by atoms with van der Waals surface area (Å²) >= 11 is 11.9. The third kappa shape index (κ3) is 4.10. The molecule has 2 aliphatic heterocycles. The molecule has 0 bridgehead atoms. The monoisotopic (exact) mass is 382 g/mol. The average molecular weight is 383 g/mol. The van der Waals surface area contributed by atoms with Gasteiger partial charge in [-0.25, -0.2) is 0 Å². The Morgan fingerprint density at radius 2 is 1.72 bits per heavy atom. The maximum Gasteiger partial charge on any atom is 0.260 e. The first-order valence-electron chi connectivity index (χ1n) is 8.22. The topological polar surface area (TPSA) is 49.9 Å².